The van der Waals surface area contributed by atoms with Crippen LogP contribution in [0.25, 0.3) is 0 Å². The predicted octanol–water partition coefficient (Wildman–Crippen LogP) is 6.90. The number of hydrogen-bond acceptors (Lipinski definition) is 0. The number of rotatable bonds is 5. The van der Waals surface area contributed by atoms with E-state index in [2.05, 4.69) is 84.9 Å². The van der Waals surface area contributed by atoms with Crippen LogP contribution >= 0.6 is 0 Å². The van der Waals surface area contributed by atoms with E-state index >= 15 is 0 Å². The van der Waals surface area contributed by atoms with E-state index in [1.807, 2.05) is 0 Å². The van der Waals surface area contributed by atoms with Crippen LogP contribution in [-0.2, 0) is 6.42 Å². The topological polar surface area (TPSA) is 0 Å². The molecule has 0 heteroatoms. The molecule has 0 bridgehead atoms. The van der Waals surface area contributed by atoms with Gasteiger partial charge >= 0.3 is 0 Å². The van der Waals surface area contributed by atoms with Crippen molar-refractivity contribution in [2.45, 2.75) is 72.6 Å². The quantitative estimate of drug-likeness (QED) is 0.563. The summed E-state index contributed by atoms with van der Waals surface area (Å²) in [6.45, 7) is 16.0. The van der Waals surface area contributed by atoms with Gasteiger partial charge in [-0.3, -0.25) is 0 Å². The van der Waals surface area contributed by atoms with Crippen LogP contribution in [0.15, 0.2) is 36.4 Å². The van der Waals surface area contributed by atoms with Crippen molar-refractivity contribution >= 4 is 0 Å². The standard InChI is InChI=1S/C23H32/c1-15(2)21-9-8-10-22(16(3)4)23(21)14-19(7)20-12-11-17(5)18(6)13-20/h8-13,15-16,19H,14H2,1-7H3. The maximum atomic E-state index is 2.37. The molecule has 0 radical (unpaired) electrons. The molecule has 0 aliphatic rings. The summed E-state index contributed by atoms with van der Waals surface area (Å²) in [5, 5.41) is 0. The molecule has 0 nitrogen and oxygen atoms in total. The largest absolute Gasteiger partial charge is 0.0617 e. The molecule has 1 atom stereocenters. The lowest BCUT2D eigenvalue weighted by Crippen LogP contribution is -2.08. The molecule has 124 valence electrons. The van der Waals surface area contributed by atoms with Crippen LogP contribution in [0.5, 0.6) is 0 Å². The van der Waals surface area contributed by atoms with Crippen LogP contribution < -0.4 is 0 Å². The molecular formula is C23H32. The predicted molar refractivity (Wildman–Crippen MR) is 103 cm³/mol. The molecule has 2 aromatic carbocycles. The van der Waals surface area contributed by atoms with Gasteiger partial charge in [-0.05, 0) is 71.4 Å². The smallest absolute Gasteiger partial charge is 0.0150 e. The zero-order valence-corrected chi connectivity index (χ0v) is 15.9. The molecule has 0 N–H and O–H groups in total. The minimum absolute atomic E-state index is 0.548. The van der Waals surface area contributed by atoms with Gasteiger partial charge < -0.3 is 0 Å². The lowest BCUT2D eigenvalue weighted by Gasteiger charge is -2.23. The Balaban J connectivity index is 2.39. The van der Waals surface area contributed by atoms with E-state index in [4.69, 9.17) is 0 Å². The first-order valence-electron chi connectivity index (χ1n) is 9.00. The summed E-state index contributed by atoms with van der Waals surface area (Å²) >= 11 is 0. The van der Waals surface area contributed by atoms with Crippen LogP contribution in [0.2, 0.25) is 0 Å². The van der Waals surface area contributed by atoms with Gasteiger partial charge in [0.15, 0.2) is 0 Å². The molecule has 0 spiro atoms. The minimum atomic E-state index is 0.548. The third-order valence-electron chi connectivity index (χ3n) is 5.10. The molecule has 0 aliphatic heterocycles. The third-order valence-corrected chi connectivity index (χ3v) is 5.10. The van der Waals surface area contributed by atoms with E-state index in [0.717, 1.165) is 6.42 Å². The van der Waals surface area contributed by atoms with Crippen molar-refractivity contribution in [3.05, 3.63) is 69.8 Å². The minimum Gasteiger partial charge on any atom is -0.0617 e. The highest BCUT2D eigenvalue weighted by atomic mass is 14.2. The van der Waals surface area contributed by atoms with Crippen molar-refractivity contribution < 1.29 is 0 Å². The average Bonchev–Trinajstić information content (AvgIpc) is 2.49. The molecule has 0 heterocycles. The Hall–Kier alpha value is -1.56. The van der Waals surface area contributed by atoms with Gasteiger partial charge in [-0.2, -0.15) is 0 Å². The average molecular weight is 309 g/mol. The van der Waals surface area contributed by atoms with Crippen molar-refractivity contribution in [1.82, 2.24) is 0 Å². The van der Waals surface area contributed by atoms with Crippen LogP contribution in [0, 0.1) is 13.8 Å². The number of hydrogen-bond donors (Lipinski definition) is 0. The summed E-state index contributed by atoms with van der Waals surface area (Å²) in [6.07, 6.45) is 1.13. The first-order valence-corrected chi connectivity index (χ1v) is 9.00. The Morgan fingerprint density at radius 2 is 1.30 bits per heavy atom. The van der Waals surface area contributed by atoms with Gasteiger partial charge in [0.05, 0.1) is 0 Å². The maximum Gasteiger partial charge on any atom is -0.0150 e. The first kappa shape index (κ1) is 17.8. The molecule has 0 fully saturated rings. The SMILES string of the molecule is Cc1ccc(C(C)Cc2c(C(C)C)cccc2C(C)C)cc1C. The molecule has 0 saturated carbocycles. The molecular weight excluding hydrogens is 276 g/mol. The van der Waals surface area contributed by atoms with E-state index < -0.39 is 0 Å². The van der Waals surface area contributed by atoms with Crippen molar-refractivity contribution in [3.8, 4) is 0 Å². The van der Waals surface area contributed by atoms with Crippen LogP contribution in [0.3, 0.4) is 0 Å². The molecule has 0 saturated heterocycles. The zero-order chi connectivity index (χ0) is 17.1. The molecule has 1 unspecified atom stereocenters. The number of benzene rings is 2. The highest BCUT2D eigenvalue weighted by Crippen LogP contribution is 2.32. The molecule has 0 aromatic heterocycles. The second-order valence-electron chi connectivity index (χ2n) is 7.67. The summed E-state index contributed by atoms with van der Waals surface area (Å²) in [5.41, 5.74) is 8.85. The molecule has 0 aliphatic carbocycles. The fraction of sp³-hybridized carbons (Fsp3) is 0.478. The Morgan fingerprint density at radius 1 is 0.739 bits per heavy atom. The van der Waals surface area contributed by atoms with Crippen molar-refractivity contribution in [2.75, 3.05) is 0 Å². The lowest BCUT2D eigenvalue weighted by molar-refractivity contribution is 0.714. The normalized spacial score (nSPS) is 12.9. The van der Waals surface area contributed by atoms with Gasteiger partial charge in [-0.1, -0.05) is 71.0 Å². The Kier molecular flexibility index (Phi) is 5.68. The van der Waals surface area contributed by atoms with Gasteiger partial charge in [0.25, 0.3) is 0 Å². The van der Waals surface area contributed by atoms with Crippen molar-refractivity contribution in [3.63, 3.8) is 0 Å². The Bertz CT molecular complexity index is 635. The summed E-state index contributed by atoms with van der Waals surface area (Å²) < 4.78 is 0. The highest BCUT2D eigenvalue weighted by Gasteiger charge is 2.17. The van der Waals surface area contributed by atoms with Crippen LogP contribution in [0.4, 0.5) is 0 Å². The molecule has 23 heavy (non-hydrogen) atoms. The molecule has 0 amide bonds. The second-order valence-corrected chi connectivity index (χ2v) is 7.67. The number of aryl methyl sites for hydroxylation is 2. The zero-order valence-electron chi connectivity index (χ0n) is 15.9. The molecule has 2 rings (SSSR count). The van der Waals surface area contributed by atoms with Crippen LogP contribution in [-0.4, -0.2) is 0 Å². The third kappa shape index (κ3) is 4.05. The van der Waals surface area contributed by atoms with Gasteiger partial charge in [0.1, 0.15) is 0 Å². The van der Waals surface area contributed by atoms with Gasteiger partial charge in [0.2, 0.25) is 0 Å². The summed E-state index contributed by atoms with van der Waals surface area (Å²) in [6, 6.07) is 13.8. The fourth-order valence-corrected chi connectivity index (χ4v) is 3.44. The van der Waals surface area contributed by atoms with E-state index in [0.29, 0.717) is 17.8 Å². The first-order chi connectivity index (χ1) is 10.8. The van der Waals surface area contributed by atoms with Gasteiger partial charge in [-0.25, -0.2) is 0 Å². The summed E-state index contributed by atoms with van der Waals surface area (Å²) in [7, 11) is 0. The van der Waals surface area contributed by atoms with Gasteiger partial charge in [0, 0.05) is 0 Å². The second kappa shape index (κ2) is 7.34. The van der Waals surface area contributed by atoms with Gasteiger partial charge in [-0.15, -0.1) is 0 Å². The highest BCUT2D eigenvalue weighted by molar-refractivity contribution is 5.41. The summed E-state index contributed by atoms with van der Waals surface area (Å²) in [5.74, 6) is 1.71. The van der Waals surface area contributed by atoms with Crippen molar-refractivity contribution in [2.24, 2.45) is 0 Å². The molecule has 2 aromatic rings. The Morgan fingerprint density at radius 3 is 1.78 bits per heavy atom. The van der Waals surface area contributed by atoms with E-state index in [9.17, 15) is 0 Å². The Labute approximate surface area is 143 Å². The summed E-state index contributed by atoms with van der Waals surface area (Å²) in [4.78, 5) is 0. The fourth-order valence-electron chi connectivity index (χ4n) is 3.44. The lowest BCUT2D eigenvalue weighted by atomic mass is 9.82. The van der Waals surface area contributed by atoms with E-state index in [1.165, 1.54) is 27.8 Å². The van der Waals surface area contributed by atoms with E-state index in [1.54, 1.807) is 5.56 Å². The van der Waals surface area contributed by atoms with Crippen LogP contribution in [0.1, 0.15) is 85.8 Å². The van der Waals surface area contributed by atoms with E-state index in [-0.39, 0.29) is 0 Å². The maximum absolute atomic E-state index is 2.37. The monoisotopic (exact) mass is 308 g/mol. The van der Waals surface area contributed by atoms with Crippen molar-refractivity contribution in [1.29, 1.82) is 0 Å².